The zero-order valence-corrected chi connectivity index (χ0v) is 11.6. The van der Waals surface area contributed by atoms with E-state index in [1.165, 1.54) is 0 Å². The van der Waals surface area contributed by atoms with Crippen LogP contribution in [0.3, 0.4) is 0 Å². The molecule has 0 spiro atoms. The average Bonchev–Trinajstić information content (AvgIpc) is 3.14. The van der Waals surface area contributed by atoms with Crippen LogP contribution in [0.2, 0.25) is 0 Å². The molecule has 0 aliphatic heterocycles. The number of aliphatic carboxylic acids is 1. The Labute approximate surface area is 117 Å². The lowest BCUT2D eigenvalue weighted by Gasteiger charge is -2.16. The highest BCUT2D eigenvalue weighted by Crippen LogP contribution is 2.48. The van der Waals surface area contributed by atoms with Crippen molar-refractivity contribution in [3.8, 4) is 0 Å². The number of ether oxygens (including phenoxy) is 1. The van der Waals surface area contributed by atoms with Gasteiger partial charge in [0.15, 0.2) is 0 Å². The topological polar surface area (TPSA) is 75.6 Å². The molecule has 2 atom stereocenters. The van der Waals surface area contributed by atoms with E-state index < -0.39 is 17.6 Å². The highest BCUT2D eigenvalue weighted by Gasteiger charge is 2.62. The predicted molar refractivity (Wildman–Crippen MR) is 73.1 cm³/mol. The summed E-state index contributed by atoms with van der Waals surface area (Å²) in [6.07, 6.45) is -0.222. The second kappa shape index (κ2) is 5.53. The Bertz CT molecular complexity index is 500. The van der Waals surface area contributed by atoms with Crippen LogP contribution in [0.25, 0.3) is 0 Å². The molecule has 1 aromatic carbocycles. The second-order valence-corrected chi connectivity index (χ2v) is 5.52. The third-order valence-corrected chi connectivity index (χ3v) is 3.74. The minimum atomic E-state index is -1.15. The van der Waals surface area contributed by atoms with E-state index in [1.807, 2.05) is 44.2 Å². The van der Waals surface area contributed by atoms with Crippen LogP contribution >= 0.6 is 0 Å². The summed E-state index contributed by atoms with van der Waals surface area (Å²) in [5.74, 6) is -0.822. The summed E-state index contributed by atoms with van der Waals surface area (Å²) in [7, 11) is 0. The van der Waals surface area contributed by atoms with Gasteiger partial charge in [-0.25, -0.2) is 9.59 Å². The molecule has 5 nitrogen and oxygen atoms in total. The summed E-state index contributed by atoms with van der Waals surface area (Å²) >= 11 is 0. The van der Waals surface area contributed by atoms with E-state index in [4.69, 9.17) is 4.74 Å². The molecule has 1 saturated carbocycles. The number of nitrogens with one attached hydrogen (secondary N) is 1. The first-order valence-electron chi connectivity index (χ1n) is 6.68. The highest BCUT2D eigenvalue weighted by molar-refractivity contribution is 5.88. The molecular weight excluding hydrogens is 258 g/mol. The molecule has 1 fully saturated rings. The van der Waals surface area contributed by atoms with Gasteiger partial charge in [0, 0.05) is 0 Å². The van der Waals surface area contributed by atoms with E-state index in [-0.39, 0.29) is 18.4 Å². The number of amides is 1. The first-order chi connectivity index (χ1) is 9.45. The molecule has 0 saturated heterocycles. The van der Waals surface area contributed by atoms with Crippen LogP contribution in [-0.2, 0) is 16.1 Å². The van der Waals surface area contributed by atoms with Crippen LogP contribution in [0, 0.1) is 11.8 Å². The van der Waals surface area contributed by atoms with E-state index >= 15 is 0 Å². The predicted octanol–water partition coefficient (Wildman–Crippen LogP) is 2.41. The number of carboxylic acid groups (broad SMARTS) is 1. The van der Waals surface area contributed by atoms with Crippen molar-refractivity contribution in [3.63, 3.8) is 0 Å². The lowest BCUT2D eigenvalue weighted by atomic mass is 10.0. The lowest BCUT2D eigenvalue weighted by molar-refractivity contribution is -0.141. The van der Waals surface area contributed by atoms with Crippen LogP contribution in [0.5, 0.6) is 0 Å². The summed E-state index contributed by atoms with van der Waals surface area (Å²) < 4.78 is 5.07. The summed E-state index contributed by atoms with van der Waals surface area (Å²) in [5, 5.41) is 11.8. The van der Waals surface area contributed by atoms with Gasteiger partial charge in [0.25, 0.3) is 0 Å². The van der Waals surface area contributed by atoms with Crippen LogP contribution in [0.1, 0.15) is 25.8 Å². The fourth-order valence-corrected chi connectivity index (χ4v) is 2.48. The van der Waals surface area contributed by atoms with Gasteiger partial charge in [-0.3, -0.25) is 0 Å². The van der Waals surface area contributed by atoms with Crippen molar-refractivity contribution in [2.45, 2.75) is 32.4 Å². The zero-order valence-electron chi connectivity index (χ0n) is 11.6. The number of benzene rings is 1. The van der Waals surface area contributed by atoms with Gasteiger partial charge in [0.05, 0.1) is 0 Å². The van der Waals surface area contributed by atoms with E-state index in [0.717, 1.165) is 5.56 Å². The molecule has 1 aliphatic rings. The van der Waals surface area contributed by atoms with Gasteiger partial charge in [0.1, 0.15) is 12.1 Å². The number of hydrogen-bond acceptors (Lipinski definition) is 3. The van der Waals surface area contributed by atoms with Crippen LogP contribution < -0.4 is 5.32 Å². The van der Waals surface area contributed by atoms with E-state index in [2.05, 4.69) is 5.32 Å². The quantitative estimate of drug-likeness (QED) is 0.866. The standard InChI is InChI=1S/C15H19NO4/c1-10(2)12-8-15(12,13(17)18)16-14(19)20-9-11-6-4-3-5-7-11/h3-7,10,12H,8-9H2,1-2H3,(H,16,19)(H,17,18)/t12?,15-/m0/s1. The zero-order chi connectivity index (χ0) is 14.8. The maximum Gasteiger partial charge on any atom is 0.408 e. The van der Waals surface area contributed by atoms with Crippen molar-refractivity contribution in [3.05, 3.63) is 35.9 Å². The summed E-state index contributed by atoms with van der Waals surface area (Å²) in [6, 6.07) is 9.26. The Morgan fingerprint density at radius 3 is 2.55 bits per heavy atom. The van der Waals surface area contributed by atoms with E-state index in [1.54, 1.807) is 0 Å². The third-order valence-electron chi connectivity index (χ3n) is 3.74. The van der Waals surface area contributed by atoms with Gasteiger partial charge in [-0.05, 0) is 23.8 Å². The fraction of sp³-hybridized carbons (Fsp3) is 0.467. The maximum absolute atomic E-state index is 11.7. The summed E-state index contributed by atoms with van der Waals surface area (Å²) in [4.78, 5) is 23.1. The Hall–Kier alpha value is -2.04. The third kappa shape index (κ3) is 2.92. The van der Waals surface area contributed by atoms with E-state index in [9.17, 15) is 14.7 Å². The van der Waals surface area contributed by atoms with Gasteiger partial charge < -0.3 is 15.2 Å². The molecule has 0 heterocycles. The number of hydrogen-bond donors (Lipinski definition) is 2. The fourth-order valence-electron chi connectivity index (χ4n) is 2.48. The normalized spacial score (nSPS) is 24.2. The van der Waals surface area contributed by atoms with Crippen molar-refractivity contribution in [2.24, 2.45) is 11.8 Å². The maximum atomic E-state index is 11.7. The van der Waals surface area contributed by atoms with Crippen molar-refractivity contribution < 1.29 is 19.4 Å². The minimum absolute atomic E-state index is 0.0377. The number of rotatable bonds is 5. The largest absolute Gasteiger partial charge is 0.479 e. The van der Waals surface area contributed by atoms with E-state index in [0.29, 0.717) is 6.42 Å². The lowest BCUT2D eigenvalue weighted by Crippen LogP contribution is -2.45. The van der Waals surface area contributed by atoms with Gasteiger partial charge in [-0.1, -0.05) is 44.2 Å². The second-order valence-electron chi connectivity index (χ2n) is 5.52. The van der Waals surface area contributed by atoms with Crippen LogP contribution in [-0.4, -0.2) is 22.7 Å². The summed E-state index contributed by atoms with van der Waals surface area (Å²) in [5.41, 5.74) is -0.287. The molecule has 2 N–H and O–H groups in total. The van der Waals surface area contributed by atoms with Crippen molar-refractivity contribution >= 4 is 12.1 Å². The van der Waals surface area contributed by atoms with Gasteiger partial charge >= 0.3 is 12.1 Å². The first-order valence-corrected chi connectivity index (χ1v) is 6.68. The van der Waals surface area contributed by atoms with Gasteiger partial charge in [0.2, 0.25) is 0 Å². The molecule has 1 unspecified atom stereocenters. The average molecular weight is 277 g/mol. The molecule has 20 heavy (non-hydrogen) atoms. The Morgan fingerprint density at radius 2 is 2.05 bits per heavy atom. The summed E-state index contributed by atoms with van der Waals surface area (Å²) in [6.45, 7) is 4.04. The van der Waals surface area contributed by atoms with Crippen molar-refractivity contribution in [1.82, 2.24) is 5.32 Å². The molecule has 0 radical (unpaired) electrons. The number of carboxylic acids is 1. The van der Waals surface area contributed by atoms with Crippen molar-refractivity contribution in [1.29, 1.82) is 0 Å². The molecule has 108 valence electrons. The Morgan fingerprint density at radius 1 is 1.40 bits per heavy atom. The highest BCUT2D eigenvalue weighted by atomic mass is 16.5. The van der Waals surface area contributed by atoms with Crippen LogP contribution in [0.4, 0.5) is 4.79 Å². The monoisotopic (exact) mass is 277 g/mol. The van der Waals surface area contributed by atoms with Crippen LogP contribution in [0.15, 0.2) is 30.3 Å². The number of carbonyl (C=O) groups is 2. The molecule has 0 bridgehead atoms. The molecule has 2 rings (SSSR count). The van der Waals surface area contributed by atoms with Crippen molar-refractivity contribution in [2.75, 3.05) is 0 Å². The number of alkyl carbamates (subject to hydrolysis) is 1. The SMILES string of the molecule is CC(C)C1C[C@@]1(NC(=O)OCc1ccccc1)C(=O)O. The molecule has 1 aromatic rings. The number of carbonyl (C=O) groups excluding carboxylic acids is 1. The molecule has 5 heteroatoms. The molecular formula is C15H19NO4. The minimum Gasteiger partial charge on any atom is -0.479 e. The van der Waals surface area contributed by atoms with Gasteiger partial charge in [-0.2, -0.15) is 0 Å². The Balaban J connectivity index is 1.89. The smallest absolute Gasteiger partial charge is 0.408 e. The van der Waals surface area contributed by atoms with Gasteiger partial charge in [-0.15, -0.1) is 0 Å². The first kappa shape index (κ1) is 14.4. The molecule has 1 amide bonds. The molecule has 0 aromatic heterocycles. The molecule has 1 aliphatic carbocycles. The Kier molecular flexibility index (Phi) is 3.97.